The van der Waals surface area contributed by atoms with Gasteiger partial charge in [-0.15, -0.1) is 0 Å². The van der Waals surface area contributed by atoms with Crippen LogP contribution in [0.1, 0.15) is 35.8 Å². The average molecular weight is 343 g/mol. The molecule has 0 saturated carbocycles. The maximum Gasteiger partial charge on any atom is 0.246 e. The van der Waals surface area contributed by atoms with Crippen molar-refractivity contribution < 1.29 is 18.7 Å². The molecule has 0 spiro atoms. The lowest BCUT2D eigenvalue weighted by atomic mass is 9.93. The van der Waals surface area contributed by atoms with Gasteiger partial charge in [-0.25, -0.2) is 0 Å². The van der Waals surface area contributed by atoms with Crippen molar-refractivity contribution in [3.05, 3.63) is 53.7 Å². The average Bonchev–Trinajstić information content (AvgIpc) is 3.11. The molecule has 25 heavy (non-hydrogen) atoms. The number of rotatable bonds is 7. The zero-order valence-electron chi connectivity index (χ0n) is 13.9. The van der Waals surface area contributed by atoms with Gasteiger partial charge in [0.2, 0.25) is 11.8 Å². The number of aryl methyl sites for hydroxylation is 1. The minimum Gasteiger partial charge on any atom is -0.469 e. The third-order valence-corrected chi connectivity index (χ3v) is 4.07. The van der Waals surface area contributed by atoms with Crippen LogP contribution in [0.25, 0.3) is 0 Å². The van der Waals surface area contributed by atoms with E-state index in [2.05, 4.69) is 15.6 Å². The third kappa shape index (κ3) is 4.90. The molecule has 1 aliphatic carbocycles. The van der Waals surface area contributed by atoms with E-state index in [9.17, 15) is 9.59 Å². The van der Waals surface area contributed by atoms with Crippen molar-refractivity contribution in [3.8, 4) is 0 Å². The molecular weight excluding hydrogens is 322 g/mol. The second kappa shape index (κ2) is 8.43. The first kappa shape index (κ1) is 17.2. The van der Waals surface area contributed by atoms with Gasteiger partial charge in [0.25, 0.3) is 0 Å². The maximum atomic E-state index is 12.0. The van der Waals surface area contributed by atoms with Gasteiger partial charge >= 0.3 is 0 Å². The van der Waals surface area contributed by atoms with E-state index in [0.29, 0.717) is 6.54 Å². The first-order valence-electron chi connectivity index (χ1n) is 8.31. The molecule has 2 amide bonds. The quantitative estimate of drug-likeness (QED) is 0.795. The van der Waals surface area contributed by atoms with Crippen molar-refractivity contribution in [3.63, 3.8) is 0 Å². The summed E-state index contributed by atoms with van der Waals surface area (Å²) in [6, 6.07) is 5.53. The molecule has 1 atom stereocenters. The number of fused-ring (bicyclic) bond motifs is 1. The Morgan fingerprint density at radius 2 is 2.16 bits per heavy atom. The summed E-state index contributed by atoms with van der Waals surface area (Å²) in [4.78, 5) is 27.7. The Morgan fingerprint density at radius 1 is 1.28 bits per heavy atom. The Balaban J connectivity index is 1.35. The van der Waals surface area contributed by atoms with Crippen molar-refractivity contribution in [2.75, 3.05) is 13.2 Å². The van der Waals surface area contributed by atoms with Crippen LogP contribution in [-0.4, -0.2) is 30.0 Å². The van der Waals surface area contributed by atoms with Crippen LogP contribution in [0.15, 0.2) is 41.3 Å². The highest BCUT2D eigenvalue weighted by atomic mass is 16.5. The topological polar surface area (TPSA) is 93.5 Å². The van der Waals surface area contributed by atoms with Gasteiger partial charge in [-0.2, -0.15) is 0 Å². The van der Waals surface area contributed by atoms with Crippen LogP contribution in [0, 0.1) is 0 Å². The Hall–Kier alpha value is -2.67. The normalized spacial score (nSPS) is 16.1. The van der Waals surface area contributed by atoms with E-state index in [1.54, 1.807) is 24.7 Å². The zero-order chi connectivity index (χ0) is 17.5. The van der Waals surface area contributed by atoms with Gasteiger partial charge in [0.1, 0.15) is 19.0 Å². The standard InChI is InChI=1S/C18H21N3O4/c22-17(20-10-13-3-2-7-19-9-13)11-24-12-18(23)21-15-4-1-5-16-14(15)6-8-25-16/h2-3,6-9,15H,1,4-5,10-12H2,(H,20,22)(H,21,23). The van der Waals surface area contributed by atoms with Crippen LogP contribution < -0.4 is 10.6 Å². The Kier molecular flexibility index (Phi) is 5.79. The van der Waals surface area contributed by atoms with Crippen molar-refractivity contribution in [1.29, 1.82) is 0 Å². The highest BCUT2D eigenvalue weighted by Gasteiger charge is 2.23. The molecule has 0 aliphatic heterocycles. The number of carbonyl (C=O) groups excluding carboxylic acids is 2. The highest BCUT2D eigenvalue weighted by Crippen LogP contribution is 2.30. The summed E-state index contributed by atoms with van der Waals surface area (Å²) in [7, 11) is 0. The molecule has 3 rings (SSSR count). The first-order valence-corrected chi connectivity index (χ1v) is 8.31. The van der Waals surface area contributed by atoms with Gasteiger partial charge < -0.3 is 19.8 Å². The van der Waals surface area contributed by atoms with Gasteiger partial charge in [0, 0.05) is 30.9 Å². The van der Waals surface area contributed by atoms with Crippen molar-refractivity contribution in [2.24, 2.45) is 0 Å². The van der Waals surface area contributed by atoms with Crippen LogP contribution in [0.4, 0.5) is 0 Å². The van der Waals surface area contributed by atoms with Gasteiger partial charge in [-0.1, -0.05) is 6.07 Å². The Morgan fingerprint density at radius 3 is 3.00 bits per heavy atom. The Bertz CT molecular complexity index is 714. The molecule has 2 N–H and O–H groups in total. The lowest BCUT2D eigenvalue weighted by molar-refractivity contribution is -0.131. The maximum absolute atomic E-state index is 12.0. The van der Waals surface area contributed by atoms with E-state index < -0.39 is 0 Å². The van der Waals surface area contributed by atoms with Crippen LogP contribution in [-0.2, 0) is 27.3 Å². The van der Waals surface area contributed by atoms with Crippen molar-refractivity contribution >= 4 is 11.8 Å². The first-order chi connectivity index (χ1) is 12.2. The fraction of sp³-hybridized carbons (Fsp3) is 0.389. The molecule has 0 bridgehead atoms. The predicted octanol–water partition coefficient (Wildman–Crippen LogP) is 1.50. The molecule has 2 aromatic rings. The van der Waals surface area contributed by atoms with E-state index in [-0.39, 0.29) is 31.1 Å². The molecule has 1 aliphatic rings. The lowest BCUT2D eigenvalue weighted by Gasteiger charge is -2.22. The summed E-state index contributed by atoms with van der Waals surface area (Å²) in [5, 5.41) is 5.64. The minimum absolute atomic E-state index is 0.0435. The summed E-state index contributed by atoms with van der Waals surface area (Å²) in [6.45, 7) is 0.0763. The van der Waals surface area contributed by atoms with Gasteiger partial charge in [-0.3, -0.25) is 14.6 Å². The van der Waals surface area contributed by atoms with Gasteiger partial charge in [0.15, 0.2) is 0 Å². The SMILES string of the molecule is O=C(COCC(=O)NC1CCCc2occc21)NCc1cccnc1. The molecule has 2 aromatic heterocycles. The fourth-order valence-electron chi connectivity index (χ4n) is 2.86. The van der Waals surface area contributed by atoms with E-state index >= 15 is 0 Å². The third-order valence-electron chi connectivity index (χ3n) is 4.07. The second-order valence-corrected chi connectivity index (χ2v) is 5.94. The smallest absolute Gasteiger partial charge is 0.246 e. The minimum atomic E-state index is -0.272. The summed E-state index contributed by atoms with van der Waals surface area (Å²) < 4.78 is 10.6. The number of hydrogen-bond donors (Lipinski definition) is 2. The monoisotopic (exact) mass is 343 g/mol. The number of pyridine rings is 1. The number of nitrogens with zero attached hydrogens (tertiary/aromatic N) is 1. The van der Waals surface area contributed by atoms with E-state index in [1.807, 2.05) is 12.1 Å². The molecule has 7 nitrogen and oxygen atoms in total. The van der Waals surface area contributed by atoms with Crippen LogP contribution in [0.3, 0.4) is 0 Å². The van der Waals surface area contributed by atoms with E-state index in [1.165, 1.54) is 0 Å². The molecule has 2 heterocycles. The summed E-state index contributed by atoms with van der Waals surface area (Å²) in [6.07, 6.45) is 7.77. The highest BCUT2D eigenvalue weighted by molar-refractivity contribution is 5.79. The zero-order valence-corrected chi connectivity index (χ0v) is 13.9. The van der Waals surface area contributed by atoms with Crippen LogP contribution in [0.5, 0.6) is 0 Å². The molecule has 0 fully saturated rings. The summed E-state index contributed by atoms with van der Waals surface area (Å²) in [5.74, 6) is 0.429. The number of furan rings is 1. The summed E-state index contributed by atoms with van der Waals surface area (Å²) in [5.41, 5.74) is 1.94. The molecule has 0 saturated heterocycles. The van der Waals surface area contributed by atoms with Gasteiger partial charge in [0.05, 0.1) is 12.3 Å². The second-order valence-electron chi connectivity index (χ2n) is 5.94. The van der Waals surface area contributed by atoms with Crippen molar-refractivity contribution in [1.82, 2.24) is 15.6 Å². The lowest BCUT2D eigenvalue weighted by Crippen LogP contribution is -2.35. The summed E-state index contributed by atoms with van der Waals surface area (Å²) >= 11 is 0. The van der Waals surface area contributed by atoms with Crippen LogP contribution >= 0.6 is 0 Å². The number of amides is 2. The molecule has 0 aromatic carbocycles. The number of ether oxygens (including phenoxy) is 1. The van der Waals surface area contributed by atoms with Gasteiger partial charge in [-0.05, 0) is 30.5 Å². The van der Waals surface area contributed by atoms with Crippen LogP contribution in [0.2, 0.25) is 0 Å². The molecule has 1 unspecified atom stereocenters. The number of hydrogen-bond acceptors (Lipinski definition) is 5. The molecule has 7 heteroatoms. The number of aromatic nitrogens is 1. The predicted molar refractivity (Wildman–Crippen MR) is 89.4 cm³/mol. The Labute approximate surface area is 145 Å². The number of carbonyl (C=O) groups is 2. The van der Waals surface area contributed by atoms with Crippen molar-refractivity contribution in [2.45, 2.75) is 31.8 Å². The van der Waals surface area contributed by atoms with E-state index in [4.69, 9.17) is 9.15 Å². The molecule has 132 valence electrons. The van der Waals surface area contributed by atoms with E-state index in [0.717, 1.165) is 36.1 Å². The number of nitrogens with one attached hydrogen (secondary N) is 2. The molecule has 0 radical (unpaired) electrons. The largest absolute Gasteiger partial charge is 0.469 e. The molecular formula is C18H21N3O4. The fourth-order valence-corrected chi connectivity index (χ4v) is 2.86.